The monoisotopic (exact) mass is 216 g/mol. The topological polar surface area (TPSA) is 26.3 Å². The van der Waals surface area contributed by atoms with Crippen molar-refractivity contribution in [3.63, 3.8) is 0 Å². The molecule has 2 nitrogen and oxygen atoms in total. The van der Waals surface area contributed by atoms with Crippen LogP contribution in [0, 0.1) is 0 Å². The van der Waals surface area contributed by atoms with Crippen LogP contribution in [-0.4, -0.2) is 12.2 Å². The molecule has 0 aliphatic carbocycles. The first-order chi connectivity index (χ1) is 6.13. The van der Waals surface area contributed by atoms with Crippen molar-refractivity contribution in [1.29, 1.82) is 0 Å². The summed E-state index contributed by atoms with van der Waals surface area (Å²) in [5.74, 6) is 0.671. The second kappa shape index (κ2) is 4.53. The van der Waals surface area contributed by atoms with Crippen molar-refractivity contribution < 1.29 is 9.53 Å². The number of rotatable bonds is 2. The standard InChI is InChI=1S/C9H9ClO2S/c1-6(11)13-9-5-7(10)3-4-8(9)12-2/h3-5H,1-2H3. The molecule has 1 aromatic carbocycles. The molecule has 0 aliphatic heterocycles. The fourth-order valence-corrected chi connectivity index (χ4v) is 1.87. The number of halogens is 1. The lowest BCUT2D eigenvalue weighted by molar-refractivity contribution is -0.109. The number of benzene rings is 1. The Kier molecular flexibility index (Phi) is 3.63. The van der Waals surface area contributed by atoms with Gasteiger partial charge in [0, 0.05) is 11.9 Å². The molecule has 0 bridgehead atoms. The van der Waals surface area contributed by atoms with Crippen LogP contribution >= 0.6 is 23.4 Å². The molecule has 1 aromatic rings. The van der Waals surface area contributed by atoms with Crippen molar-refractivity contribution in [2.75, 3.05) is 7.11 Å². The Hall–Kier alpha value is -0.670. The summed E-state index contributed by atoms with van der Waals surface area (Å²) in [6.07, 6.45) is 0. The first kappa shape index (κ1) is 10.4. The molecular formula is C9H9ClO2S. The SMILES string of the molecule is COc1ccc(Cl)cc1SC(C)=O. The van der Waals surface area contributed by atoms with Gasteiger partial charge in [-0.3, -0.25) is 4.79 Å². The normalized spacial score (nSPS) is 9.77. The quantitative estimate of drug-likeness (QED) is 0.711. The van der Waals surface area contributed by atoms with Crippen molar-refractivity contribution in [2.24, 2.45) is 0 Å². The summed E-state index contributed by atoms with van der Waals surface area (Å²) in [7, 11) is 1.56. The van der Waals surface area contributed by atoms with Crippen molar-refractivity contribution in [2.45, 2.75) is 11.8 Å². The number of carbonyl (C=O) groups is 1. The summed E-state index contributed by atoms with van der Waals surface area (Å²) in [5, 5.41) is 0.616. The lowest BCUT2D eigenvalue weighted by atomic mass is 10.3. The molecule has 0 atom stereocenters. The van der Waals surface area contributed by atoms with Gasteiger partial charge in [-0.25, -0.2) is 0 Å². The zero-order valence-electron chi connectivity index (χ0n) is 7.33. The van der Waals surface area contributed by atoms with E-state index in [0.29, 0.717) is 10.8 Å². The van der Waals surface area contributed by atoms with Crippen LogP contribution in [0.4, 0.5) is 0 Å². The predicted octanol–water partition coefficient (Wildman–Crippen LogP) is 2.99. The predicted molar refractivity (Wildman–Crippen MR) is 54.5 cm³/mol. The molecule has 13 heavy (non-hydrogen) atoms. The van der Waals surface area contributed by atoms with Gasteiger partial charge in [-0.15, -0.1) is 0 Å². The summed E-state index contributed by atoms with van der Waals surface area (Å²) < 4.78 is 5.07. The first-order valence-electron chi connectivity index (χ1n) is 3.65. The summed E-state index contributed by atoms with van der Waals surface area (Å²) in [5.41, 5.74) is 0. The van der Waals surface area contributed by atoms with E-state index in [-0.39, 0.29) is 5.12 Å². The molecule has 0 saturated heterocycles. The second-order valence-electron chi connectivity index (χ2n) is 2.39. The maximum Gasteiger partial charge on any atom is 0.190 e. The Morgan fingerprint density at radius 1 is 1.54 bits per heavy atom. The Labute approximate surface area is 86.2 Å². The van der Waals surface area contributed by atoms with Crippen LogP contribution in [0.3, 0.4) is 0 Å². The molecule has 0 unspecified atom stereocenters. The van der Waals surface area contributed by atoms with Crippen LogP contribution in [0.5, 0.6) is 5.75 Å². The molecule has 0 N–H and O–H groups in total. The Morgan fingerprint density at radius 3 is 2.77 bits per heavy atom. The van der Waals surface area contributed by atoms with E-state index in [1.165, 1.54) is 6.92 Å². The minimum Gasteiger partial charge on any atom is -0.496 e. The van der Waals surface area contributed by atoms with E-state index in [1.807, 2.05) is 0 Å². The molecule has 0 saturated carbocycles. The third-order valence-electron chi connectivity index (χ3n) is 1.38. The minimum absolute atomic E-state index is 0.0144. The van der Waals surface area contributed by atoms with E-state index in [0.717, 1.165) is 16.7 Å². The summed E-state index contributed by atoms with van der Waals surface area (Å²) in [6.45, 7) is 1.50. The fraction of sp³-hybridized carbons (Fsp3) is 0.222. The molecule has 0 aliphatic rings. The Morgan fingerprint density at radius 2 is 2.23 bits per heavy atom. The molecule has 0 fully saturated rings. The van der Waals surface area contributed by atoms with Crippen molar-refractivity contribution in [3.05, 3.63) is 23.2 Å². The van der Waals surface area contributed by atoms with Gasteiger partial charge in [0.25, 0.3) is 0 Å². The lowest BCUT2D eigenvalue weighted by Crippen LogP contribution is -1.88. The van der Waals surface area contributed by atoms with Crippen LogP contribution < -0.4 is 4.74 Å². The maximum absolute atomic E-state index is 10.9. The summed E-state index contributed by atoms with van der Waals surface area (Å²) >= 11 is 6.89. The molecule has 0 radical (unpaired) electrons. The van der Waals surface area contributed by atoms with E-state index in [4.69, 9.17) is 16.3 Å². The number of carbonyl (C=O) groups excluding carboxylic acids is 1. The first-order valence-corrected chi connectivity index (χ1v) is 4.85. The van der Waals surface area contributed by atoms with Crippen LogP contribution in [0.2, 0.25) is 5.02 Å². The van der Waals surface area contributed by atoms with Gasteiger partial charge in [-0.2, -0.15) is 0 Å². The van der Waals surface area contributed by atoms with Gasteiger partial charge < -0.3 is 4.74 Å². The number of ether oxygens (including phenoxy) is 1. The Bertz CT molecular complexity index is 325. The van der Waals surface area contributed by atoms with Crippen LogP contribution in [0.1, 0.15) is 6.92 Å². The van der Waals surface area contributed by atoms with Crippen molar-refractivity contribution in [3.8, 4) is 5.75 Å². The van der Waals surface area contributed by atoms with Crippen molar-refractivity contribution in [1.82, 2.24) is 0 Å². The highest BCUT2D eigenvalue weighted by Crippen LogP contribution is 2.31. The van der Waals surface area contributed by atoms with E-state index < -0.39 is 0 Å². The zero-order valence-corrected chi connectivity index (χ0v) is 8.91. The summed E-state index contributed by atoms with van der Waals surface area (Å²) in [4.78, 5) is 11.6. The number of hydrogen-bond donors (Lipinski definition) is 0. The van der Waals surface area contributed by atoms with Crippen LogP contribution in [-0.2, 0) is 4.79 Å². The van der Waals surface area contributed by atoms with Gasteiger partial charge in [-0.05, 0) is 30.0 Å². The fourth-order valence-electron chi connectivity index (χ4n) is 0.885. The molecule has 0 aromatic heterocycles. The zero-order chi connectivity index (χ0) is 9.84. The third kappa shape index (κ3) is 2.94. The highest BCUT2D eigenvalue weighted by molar-refractivity contribution is 8.13. The molecule has 0 spiro atoms. The molecular weight excluding hydrogens is 208 g/mol. The average molecular weight is 217 g/mol. The smallest absolute Gasteiger partial charge is 0.190 e. The van der Waals surface area contributed by atoms with Gasteiger partial charge in [0.05, 0.1) is 12.0 Å². The van der Waals surface area contributed by atoms with Crippen LogP contribution in [0.15, 0.2) is 23.1 Å². The maximum atomic E-state index is 10.9. The number of thioether (sulfide) groups is 1. The number of hydrogen-bond acceptors (Lipinski definition) is 3. The molecule has 1 rings (SSSR count). The highest BCUT2D eigenvalue weighted by Gasteiger charge is 2.06. The largest absolute Gasteiger partial charge is 0.496 e. The molecule has 70 valence electrons. The third-order valence-corrected chi connectivity index (χ3v) is 2.44. The van der Waals surface area contributed by atoms with Gasteiger partial charge in [0.15, 0.2) is 5.12 Å². The molecule has 0 amide bonds. The lowest BCUT2D eigenvalue weighted by Gasteiger charge is -2.05. The van der Waals surface area contributed by atoms with Gasteiger partial charge in [-0.1, -0.05) is 11.6 Å². The summed E-state index contributed by atoms with van der Waals surface area (Å²) in [6, 6.07) is 5.19. The van der Waals surface area contributed by atoms with E-state index >= 15 is 0 Å². The minimum atomic E-state index is 0.0144. The number of methoxy groups -OCH3 is 1. The average Bonchev–Trinajstić information content (AvgIpc) is 2.03. The van der Waals surface area contributed by atoms with E-state index in [9.17, 15) is 4.79 Å². The second-order valence-corrected chi connectivity index (χ2v) is 4.04. The van der Waals surface area contributed by atoms with E-state index in [1.54, 1.807) is 25.3 Å². The molecule has 4 heteroatoms. The van der Waals surface area contributed by atoms with Crippen LogP contribution in [0.25, 0.3) is 0 Å². The van der Waals surface area contributed by atoms with Gasteiger partial charge >= 0.3 is 0 Å². The van der Waals surface area contributed by atoms with Crippen molar-refractivity contribution >= 4 is 28.5 Å². The van der Waals surface area contributed by atoms with E-state index in [2.05, 4.69) is 0 Å². The van der Waals surface area contributed by atoms with Gasteiger partial charge in [0.2, 0.25) is 0 Å². The molecule has 0 heterocycles. The van der Waals surface area contributed by atoms with Gasteiger partial charge in [0.1, 0.15) is 5.75 Å². The highest BCUT2D eigenvalue weighted by atomic mass is 35.5. The Balaban J connectivity index is 3.01.